The van der Waals surface area contributed by atoms with Gasteiger partial charge in [-0.2, -0.15) is 5.10 Å². The zero-order valence-electron chi connectivity index (χ0n) is 19.1. The van der Waals surface area contributed by atoms with Gasteiger partial charge in [0.25, 0.3) is 5.91 Å². The number of pyridine rings is 1. The van der Waals surface area contributed by atoms with Gasteiger partial charge in [0.15, 0.2) is 5.69 Å². The summed E-state index contributed by atoms with van der Waals surface area (Å²) in [5, 5.41) is 10.6. The minimum absolute atomic E-state index is 0.0111. The van der Waals surface area contributed by atoms with Crippen molar-refractivity contribution in [2.24, 2.45) is 5.92 Å². The Labute approximate surface area is 196 Å². The van der Waals surface area contributed by atoms with Crippen LogP contribution >= 0.6 is 0 Å². The van der Waals surface area contributed by atoms with Gasteiger partial charge >= 0.3 is 0 Å². The van der Waals surface area contributed by atoms with E-state index in [9.17, 15) is 14.0 Å². The maximum Gasteiger partial charge on any atom is 0.278 e. The van der Waals surface area contributed by atoms with Crippen molar-refractivity contribution < 1.29 is 23.5 Å². The number of imide groups is 1. The van der Waals surface area contributed by atoms with Gasteiger partial charge in [-0.25, -0.2) is 9.37 Å². The highest BCUT2D eigenvalue weighted by Gasteiger charge is 2.54. The fraction of sp³-hybridized carbons (Fsp3) is 0.583. The van der Waals surface area contributed by atoms with Crippen molar-refractivity contribution in [3.8, 4) is 17.0 Å². The molecule has 6 rings (SSSR count). The summed E-state index contributed by atoms with van der Waals surface area (Å²) in [5.41, 5.74) is 0.270. The number of methoxy groups -OCH3 is 1. The highest BCUT2D eigenvalue weighted by atomic mass is 19.1. The molecule has 2 aliphatic carbocycles. The number of hydrogen-bond acceptors (Lipinski definition) is 7. The Balaban J connectivity index is 1.31. The first-order valence-corrected chi connectivity index (χ1v) is 12.0. The van der Waals surface area contributed by atoms with Crippen molar-refractivity contribution in [3.05, 3.63) is 30.0 Å². The van der Waals surface area contributed by atoms with E-state index >= 15 is 0 Å². The highest BCUT2D eigenvalue weighted by Crippen LogP contribution is 2.51. The van der Waals surface area contributed by atoms with Crippen LogP contribution in [0.2, 0.25) is 0 Å². The normalized spacial score (nSPS) is 25.9. The zero-order valence-corrected chi connectivity index (χ0v) is 19.1. The minimum Gasteiger partial charge on any atom is -0.481 e. The lowest BCUT2D eigenvalue weighted by molar-refractivity contribution is -0.236. The summed E-state index contributed by atoms with van der Waals surface area (Å²) >= 11 is 0. The second kappa shape index (κ2) is 7.84. The molecule has 2 saturated carbocycles. The summed E-state index contributed by atoms with van der Waals surface area (Å²) < 4.78 is 27.5. The van der Waals surface area contributed by atoms with E-state index in [0.29, 0.717) is 18.6 Å². The number of carbonyl (C=O) groups excluding carboxylic acids is 2. The monoisotopic (exact) mass is 469 g/mol. The van der Waals surface area contributed by atoms with Gasteiger partial charge in [0, 0.05) is 34.8 Å². The Morgan fingerprint density at radius 1 is 1.29 bits per heavy atom. The number of rotatable bonds is 5. The van der Waals surface area contributed by atoms with Crippen LogP contribution in [-0.4, -0.2) is 58.0 Å². The molecule has 2 aromatic rings. The maximum atomic E-state index is 14.8. The average Bonchev–Trinajstić information content (AvgIpc) is 3.37. The molecule has 2 saturated heterocycles. The molecule has 0 radical (unpaired) electrons. The first-order chi connectivity index (χ1) is 16.4. The second-order valence-electron chi connectivity index (χ2n) is 10.0. The molecule has 4 heterocycles. The quantitative estimate of drug-likeness (QED) is 0.648. The molecule has 2 N–H and O–H groups in total. The van der Waals surface area contributed by atoms with Gasteiger partial charge in [0.2, 0.25) is 11.8 Å². The lowest BCUT2D eigenvalue weighted by Crippen LogP contribution is -2.58. The minimum atomic E-state index is -0.625. The molecule has 0 bridgehead atoms. The van der Waals surface area contributed by atoms with Crippen molar-refractivity contribution in [1.82, 2.24) is 25.4 Å². The van der Waals surface area contributed by atoms with Gasteiger partial charge in [-0.3, -0.25) is 19.6 Å². The molecule has 2 spiro atoms. The van der Waals surface area contributed by atoms with E-state index < -0.39 is 11.7 Å². The van der Waals surface area contributed by atoms with E-state index in [-0.39, 0.29) is 46.1 Å². The van der Waals surface area contributed by atoms with Gasteiger partial charge in [0.1, 0.15) is 11.9 Å². The fourth-order valence-corrected chi connectivity index (χ4v) is 5.55. The summed E-state index contributed by atoms with van der Waals surface area (Å²) in [6.45, 7) is 1.25. The van der Waals surface area contributed by atoms with Crippen molar-refractivity contribution in [2.75, 3.05) is 20.3 Å². The molecule has 34 heavy (non-hydrogen) atoms. The molecule has 0 unspecified atom stereocenters. The summed E-state index contributed by atoms with van der Waals surface area (Å²) in [6, 6.07) is 1.41. The van der Waals surface area contributed by atoms with Crippen LogP contribution in [0.4, 0.5) is 4.39 Å². The van der Waals surface area contributed by atoms with E-state index in [1.165, 1.54) is 13.2 Å². The topological polar surface area (TPSA) is 107 Å². The number of ether oxygens (including phenoxy) is 2. The van der Waals surface area contributed by atoms with Crippen LogP contribution in [0.25, 0.3) is 11.1 Å². The van der Waals surface area contributed by atoms with Gasteiger partial charge in [0.05, 0.1) is 25.5 Å². The fourth-order valence-electron chi connectivity index (χ4n) is 5.55. The second-order valence-corrected chi connectivity index (χ2v) is 10.0. The zero-order chi connectivity index (χ0) is 23.5. The molecule has 2 aromatic heterocycles. The van der Waals surface area contributed by atoms with Crippen molar-refractivity contribution in [3.63, 3.8) is 0 Å². The summed E-state index contributed by atoms with van der Waals surface area (Å²) in [4.78, 5) is 30.2. The third kappa shape index (κ3) is 3.51. The number of halogens is 1. The molecule has 2 atom stereocenters. The molecule has 4 fully saturated rings. The van der Waals surface area contributed by atoms with E-state index in [4.69, 9.17) is 9.47 Å². The maximum absolute atomic E-state index is 14.8. The first kappa shape index (κ1) is 21.7. The van der Waals surface area contributed by atoms with Crippen LogP contribution in [0.3, 0.4) is 0 Å². The smallest absolute Gasteiger partial charge is 0.278 e. The number of piperidine rings is 1. The van der Waals surface area contributed by atoms with Crippen LogP contribution in [-0.2, 0) is 9.53 Å². The van der Waals surface area contributed by atoms with Crippen LogP contribution in [0.5, 0.6) is 5.88 Å². The predicted molar refractivity (Wildman–Crippen MR) is 119 cm³/mol. The number of amides is 2. The number of nitrogens with zero attached hydrogens (tertiary/aromatic N) is 3. The molecule has 2 aliphatic heterocycles. The van der Waals surface area contributed by atoms with Crippen molar-refractivity contribution in [2.45, 2.75) is 62.1 Å². The Morgan fingerprint density at radius 2 is 2.12 bits per heavy atom. The van der Waals surface area contributed by atoms with E-state index in [1.807, 2.05) is 0 Å². The van der Waals surface area contributed by atoms with Crippen LogP contribution in [0.15, 0.2) is 18.5 Å². The van der Waals surface area contributed by atoms with Gasteiger partial charge < -0.3 is 14.8 Å². The Kier molecular flexibility index (Phi) is 5.00. The van der Waals surface area contributed by atoms with Gasteiger partial charge in [-0.1, -0.05) is 0 Å². The Morgan fingerprint density at radius 3 is 2.76 bits per heavy atom. The van der Waals surface area contributed by atoms with Crippen molar-refractivity contribution in [1.29, 1.82) is 0 Å². The SMILES string of the molecule is COc1cc(-c2cn([C@@H]3COC34CCC4)nc2C(=O)NC(=O)[C@H]2CCNC3(CC3)C2)c(F)cn1. The van der Waals surface area contributed by atoms with Crippen LogP contribution in [0, 0.1) is 11.7 Å². The molecular formula is C24H28FN5O4. The molecule has 9 nitrogen and oxygen atoms in total. The summed E-state index contributed by atoms with van der Waals surface area (Å²) in [5.74, 6) is -1.53. The molecule has 10 heteroatoms. The molecule has 180 valence electrons. The number of carbonyl (C=O) groups is 2. The van der Waals surface area contributed by atoms with Gasteiger partial charge in [-0.15, -0.1) is 0 Å². The standard InChI is InChI=1S/C24H28FN5O4/c1-33-19-9-15(17(25)11-26-19)16-12-30(18-13-34-24(18)4-2-5-24)29-20(16)22(32)28-21(31)14-3-8-27-23(10-14)6-7-23/h9,11-12,14,18,27H,2-8,10,13H2,1H3,(H,28,31,32)/t14-,18+/m0/s1. The highest BCUT2D eigenvalue weighted by molar-refractivity contribution is 6.07. The first-order valence-electron chi connectivity index (χ1n) is 12.0. The largest absolute Gasteiger partial charge is 0.481 e. The van der Waals surface area contributed by atoms with E-state index in [1.54, 1.807) is 10.9 Å². The van der Waals surface area contributed by atoms with Crippen LogP contribution in [0.1, 0.15) is 61.5 Å². The molecule has 2 amide bonds. The average molecular weight is 470 g/mol. The summed E-state index contributed by atoms with van der Waals surface area (Å²) in [7, 11) is 1.44. The summed E-state index contributed by atoms with van der Waals surface area (Å²) in [6.07, 6.45) is 9.22. The van der Waals surface area contributed by atoms with E-state index in [0.717, 1.165) is 51.3 Å². The number of hydrogen-bond donors (Lipinski definition) is 2. The lowest BCUT2D eigenvalue weighted by Gasteiger charge is -2.54. The molecular weight excluding hydrogens is 441 g/mol. The number of nitrogens with one attached hydrogen (secondary N) is 2. The van der Waals surface area contributed by atoms with Crippen molar-refractivity contribution >= 4 is 11.8 Å². The Bertz CT molecular complexity index is 1150. The van der Waals surface area contributed by atoms with Crippen LogP contribution < -0.4 is 15.4 Å². The molecule has 0 aromatic carbocycles. The Hall–Kier alpha value is -2.85. The number of aromatic nitrogens is 3. The molecule has 4 aliphatic rings. The third-order valence-electron chi connectivity index (χ3n) is 8.02. The third-order valence-corrected chi connectivity index (χ3v) is 8.02. The predicted octanol–water partition coefficient (Wildman–Crippen LogP) is 2.38. The van der Waals surface area contributed by atoms with Gasteiger partial charge in [-0.05, 0) is 51.5 Å². The van der Waals surface area contributed by atoms with E-state index in [2.05, 4.69) is 20.7 Å². The lowest BCUT2D eigenvalue weighted by atomic mass is 9.71.